The van der Waals surface area contributed by atoms with Gasteiger partial charge in [0.05, 0.1) is 31.0 Å². The predicted molar refractivity (Wildman–Crippen MR) is 83.8 cm³/mol. The maximum absolute atomic E-state index is 12.6. The van der Waals surface area contributed by atoms with Gasteiger partial charge in [-0.05, 0) is 26.8 Å². The van der Waals surface area contributed by atoms with E-state index >= 15 is 0 Å². The van der Waals surface area contributed by atoms with Crippen molar-refractivity contribution in [3.05, 3.63) is 40.7 Å². The number of aromatic nitrogens is 4. The Balaban J connectivity index is 1.70. The van der Waals surface area contributed by atoms with Crippen LogP contribution in [0.15, 0.2) is 12.3 Å². The highest BCUT2D eigenvalue weighted by molar-refractivity contribution is 5.79. The molecular formula is C16H21N5O2. The Morgan fingerprint density at radius 2 is 2.26 bits per heavy atom. The molecule has 0 aliphatic carbocycles. The Hall–Kier alpha value is -2.28. The number of rotatable bonds is 3. The van der Waals surface area contributed by atoms with E-state index in [1.807, 2.05) is 31.7 Å². The Labute approximate surface area is 135 Å². The second kappa shape index (κ2) is 6.45. The molecule has 0 radical (unpaired) electrons. The van der Waals surface area contributed by atoms with Crippen LogP contribution in [0.3, 0.4) is 0 Å². The lowest BCUT2D eigenvalue weighted by Crippen LogP contribution is -2.43. The average Bonchev–Trinajstić information content (AvgIpc) is 2.87. The molecule has 3 rings (SSSR count). The minimum Gasteiger partial charge on any atom is -0.368 e. The number of hydrogen-bond acceptors (Lipinski definition) is 5. The van der Waals surface area contributed by atoms with Crippen molar-refractivity contribution in [1.29, 1.82) is 0 Å². The summed E-state index contributed by atoms with van der Waals surface area (Å²) in [4.78, 5) is 23.0. The van der Waals surface area contributed by atoms with Crippen LogP contribution in [0.2, 0.25) is 0 Å². The van der Waals surface area contributed by atoms with Gasteiger partial charge < -0.3 is 9.64 Å². The van der Waals surface area contributed by atoms with Crippen LogP contribution < -0.4 is 0 Å². The van der Waals surface area contributed by atoms with Crippen LogP contribution in [-0.2, 0) is 16.0 Å². The molecule has 7 heteroatoms. The van der Waals surface area contributed by atoms with Gasteiger partial charge in [-0.2, -0.15) is 5.10 Å². The first-order valence-corrected chi connectivity index (χ1v) is 7.74. The highest BCUT2D eigenvalue weighted by Gasteiger charge is 2.27. The standard InChI is InChI=1S/C16H21N5O2/c1-10-13(11(2)20-19-10)8-16(22)21-6-7-23-15(9-21)14-4-5-17-12(3)18-14/h4-5,15H,6-9H2,1-3H3,(H,19,20)/t15-/m1/s1. The fourth-order valence-corrected chi connectivity index (χ4v) is 2.81. The van der Waals surface area contributed by atoms with E-state index < -0.39 is 0 Å². The third-order valence-corrected chi connectivity index (χ3v) is 4.16. The topological polar surface area (TPSA) is 84.0 Å². The zero-order valence-corrected chi connectivity index (χ0v) is 13.7. The zero-order chi connectivity index (χ0) is 16.4. The monoisotopic (exact) mass is 315 g/mol. The van der Waals surface area contributed by atoms with Crippen LogP contribution >= 0.6 is 0 Å². The van der Waals surface area contributed by atoms with Crippen molar-refractivity contribution >= 4 is 5.91 Å². The van der Waals surface area contributed by atoms with E-state index in [1.165, 1.54) is 0 Å². The summed E-state index contributed by atoms with van der Waals surface area (Å²) in [6, 6.07) is 1.84. The lowest BCUT2D eigenvalue weighted by atomic mass is 10.1. The lowest BCUT2D eigenvalue weighted by Gasteiger charge is -2.32. The van der Waals surface area contributed by atoms with Gasteiger partial charge in [0.1, 0.15) is 11.9 Å². The van der Waals surface area contributed by atoms with Crippen LogP contribution in [0.1, 0.15) is 34.6 Å². The second-order valence-corrected chi connectivity index (χ2v) is 5.82. The summed E-state index contributed by atoms with van der Waals surface area (Å²) < 4.78 is 5.78. The number of nitrogens with zero attached hydrogens (tertiary/aromatic N) is 4. The van der Waals surface area contributed by atoms with Gasteiger partial charge in [-0.1, -0.05) is 0 Å². The molecule has 1 N–H and O–H groups in total. The van der Waals surface area contributed by atoms with E-state index in [2.05, 4.69) is 20.2 Å². The molecule has 7 nitrogen and oxygen atoms in total. The number of carbonyl (C=O) groups excluding carboxylic acids is 1. The minimum absolute atomic E-state index is 0.0941. The first kappa shape index (κ1) is 15.6. The second-order valence-electron chi connectivity index (χ2n) is 5.82. The highest BCUT2D eigenvalue weighted by Crippen LogP contribution is 2.21. The van der Waals surface area contributed by atoms with Crippen LogP contribution in [-0.4, -0.2) is 50.7 Å². The third kappa shape index (κ3) is 3.39. The zero-order valence-electron chi connectivity index (χ0n) is 13.7. The van der Waals surface area contributed by atoms with Gasteiger partial charge in [-0.3, -0.25) is 9.89 Å². The number of aromatic amines is 1. The van der Waals surface area contributed by atoms with Crippen molar-refractivity contribution in [3.8, 4) is 0 Å². The molecule has 2 aromatic rings. The molecule has 1 aliphatic heterocycles. The van der Waals surface area contributed by atoms with Crippen molar-refractivity contribution in [3.63, 3.8) is 0 Å². The maximum Gasteiger partial charge on any atom is 0.227 e. The average molecular weight is 315 g/mol. The third-order valence-electron chi connectivity index (χ3n) is 4.16. The van der Waals surface area contributed by atoms with Crippen molar-refractivity contribution in [2.24, 2.45) is 0 Å². The molecule has 2 aromatic heterocycles. The summed E-state index contributed by atoms with van der Waals surface area (Å²) in [5, 5.41) is 7.07. The number of amides is 1. The molecule has 1 atom stereocenters. The number of nitrogens with one attached hydrogen (secondary N) is 1. The fourth-order valence-electron chi connectivity index (χ4n) is 2.81. The Bertz CT molecular complexity index is 693. The van der Waals surface area contributed by atoms with E-state index in [4.69, 9.17) is 4.74 Å². The summed E-state index contributed by atoms with van der Waals surface area (Å²) in [5.74, 6) is 0.802. The van der Waals surface area contributed by atoms with Crippen LogP contribution in [0.5, 0.6) is 0 Å². The van der Waals surface area contributed by atoms with Crippen molar-refractivity contribution in [1.82, 2.24) is 25.1 Å². The number of carbonyl (C=O) groups is 1. The quantitative estimate of drug-likeness (QED) is 0.922. The number of aryl methyl sites for hydroxylation is 3. The minimum atomic E-state index is -0.194. The molecule has 122 valence electrons. The lowest BCUT2D eigenvalue weighted by molar-refractivity contribution is -0.138. The first-order valence-electron chi connectivity index (χ1n) is 7.74. The predicted octanol–water partition coefficient (Wildman–Crippen LogP) is 1.27. The van der Waals surface area contributed by atoms with E-state index in [0.717, 1.165) is 22.6 Å². The summed E-state index contributed by atoms with van der Waals surface area (Å²) in [5.41, 5.74) is 3.64. The molecule has 1 fully saturated rings. The summed E-state index contributed by atoms with van der Waals surface area (Å²) >= 11 is 0. The molecule has 0 bridgehead atoms. The SMILES string of the molecule is Cc1nccc([C@H]2CN(C(=O)Cc3c(C)n[nH]c3C)CCO2)n1. The number of ether oxygens (including phenoxy) is 1. The van der Waals surface area contributed by atoms with Crippen LogP contribution in [0, 0.1) is 20.8 Å². The molecule has 3 heterocycles. The van der Waals surface area contributed by atoms with E-state index in [1.54, 1.807) is 6.20 Å². The van der Waals surface area contributed by atoms with Crippen molar-refractivity contribution in [2.75, 3.05) is 19.7 Å². The molecule has 0 aromatic carbocycles. The first-order chi connectivity index (χ1) is 11.0. The molecule has 23 heavy (non-hydrogen) atoms. The number of morpholine rings is 1. The van der Waals surface area contributed by atoms with E-state index in [9.17, 15) is 4.79 Å². The highest BCUT2D eigenvalue weighted by atomic mass is 16.5. The largest absolute Gasteiger partial charge is 0.368 e. The van der Waals surface area contributed by atoms with Crippen molar-refractivity contribution < 1.29 is 9.53 Å². The summed E-state index contributed by atoms with van der Waals surface area (Å²) in [6.45, 7) is 7.34. The van der Waals surface area contributed by atoms with Gasteiger partial charge in [-0.15, -0.1) is 0 Å². The van der Waals surface area contributed by atoms with Gasteiger partial charge in [0.15, 0.2) is 0 Å². The maximum atomic E-state index is 12.6. The normalized spacial score (nSPS) is 18.2. The van der Waals surface area contributed by atoms with E-state index in [-0.39, 0.29) is 12.0 Å². The summed E-state index contributed by atoms with van der Waals surface area (Å²) in [6.07, 6.45) is 1.89. The fraction of sp³-hybridized carbons (Fsp3) is 0.500. The number of H-pyrrole nitrogens is 1. The molecule has 0 spiro atoms. The van der Waals surface area contributed by atoms with Gasteiger partial charge in [-0.25, -0.2) is 9.97 Å². The Kier molecular flexibility index (Phi) is 4.38. The van der Waals surface area contributed by atoms with Crippen LogP contribution in [0.25, 0.3) is 0 Å². The smallest absolute Gasteiger partial charge is 0.227 e. The molecule has 1 aliphatic rings. The molecule has 1 amide bonds. The van der Waals surface area contributed by atoms with Gasteiger partial charge in [0.25, 0.3) is 0 Å². The van der Waals surface area contributed by atoms with Gasteiger partial charge >= 0.3 is 0 Å². The molecule has 0 unspecified atom stereocenters. The van der Waals surface area contributed by atoms with E-state index in [0.29, 0.717) is 31.9 Å². The molecular weight excluding hydrogens is 294 g/mol. The summed E-state index contributed by atoms with van der Waals surface area (Å²) in [7, 11) is 0. The number of hydrogen-bond donors (Lipinski definition) is 1. The molecule has 0 saturated carbocycles. The molecule has 1 saturated heterocycles. The Morgan fingerprint density at radius 1 is 1.43 bits per heavy atom. The van der Waals surface area contributed by atoms with Crippen molar-refractivity contribution in [2.45, 2.75) is 33.3 Å². The Morgan fingerprint density at radius 3 is 2.96 bits per heavy atom. The van der Waals surface area contributed by atoms with Gasteiger partial charge in [0.2, 0.25) is 5.91 Å². The van der Waals surface area contributed by atoms with Crippen LogP contribution in [0.4, 0.5) is 0 Å². The van der Waals surface area contributed by atoms with Gasteiger partial charge in [0, 0.05) is 24.0 Å².